The van der Waals surface area contributed by atoms with Gasteiger partial charge in [0.1, 0.15) is 0 Å². The molecule has 8 nitrogen and oxygen atoms in total. The summed E-state index contributed by atoms with van der Waals surface area (Å²) in [6, 6.07) is 16.2. The zero-order chi connectivity index (χ0) is 35.0. The van der Waals surface area contributed by atoms with Crippen LogP contribution in [0.2, 0.25) is 0 Å². The highest BCUT2D eigenvalue weighted by atomic mass is 16.4. The van der Waals surface area contributed by atoms with E-state index in [1.807, 2.05) is 24.3 Å². The van der Waals surface area contributed by atoms with Gasteiger partial charge >= 0.3 is 12.2 Å². The van der Waals surface area contributed by atoms with Crippen molar-refractivity contribution in [1.29, 1.82) is 0 Å². The van der Waals surface area contributed by atoms with Gasteiger partial charge in [-0.3, -0.25) is 10.6 Å². The summed E-state index contributed by atoms with van der Waals surface area (Å²) in [5.74, 6) is 0.984. The lowest BCUT2D eigenvalue weighted by atomic mass is 9.45. The Morgan fingerprint density at radius 3 is 1.23 bits per heavy atom. The summed E-state index contributed by atoms with van der Waals surface area (Å²) >= 11 is 0. The van der Waals surface area contributed by atoms with Crippen LogP contribution in [0, 0.1) is 23.7 Å². The summed E-state index contributed by atoms with van der Waals surface area (Å²) in [5, 5.41) is 32.4. The molecule has 47 heavy (non-hydrogen) atoms. The Hall–Kier alpha value is -3.10. The molecule has 8 atom stereocenters. The Morgan fingerprint density at radius 2 is 0.979 bits per heavy atom. The summed E-state index contributed by atoms with van der Waals surface area (Å²) < 4.78 is 0. The fraction of sp³-hybridized carbons (Fsp3) is 0.641. The van der Waals surface area contributed by atoms with Crippen molar-refractivity contribution in [3.63, 3.8) is 0 Å². The van der Waals surface area contributed by atoms with Gasteiger partial charge in [0.15, 0.2) is 0 Å². The molecule has 8 heteroatoms. The van der Waals surface area contributed by atoms with Gasteiger partial charge in [-0.25, -0.2) is 9.59 Å². The molecule has 0 spiro atoms. The minimum absolute atomic E-state index is 0.0962. The molecule has 0 aromatic heterocycles. The zero-order valence-electron chi connectivity index (χ0n) is 30.4. The van der Waals surface area contributed by atoms with E-state index in [1.165, 1.54) is 11.1 Å². The first-order valence-electron chi connectivity index (χ1n) is 17.7. The minimum atomic E-state index is -1.08. The Morgan fingerprint density at radius 1 is 0.660 bits per heavy atom. The molecular formula is C39H60N4O4. The van der Waals surface area contributed by atoms with Crippen molar-refractivity contribution in [1.82, 2.24) is 10.6 Å². The molecule has 0 bridgehead atoms. The molecule has 2 amide bonds. The molecule has 0 radical (unpaired) electrons. The molecule has 0 aliphatic carbocycles. The summed E-state index contributed by atoms with van der Waals surface area (Å²) in [4.78, 5) is 23.2. The first-order chi connectivity index (χ1) is 21.9. The Kier molecular flexibility index (Phi) is 10.5. The van der Waals surface area contributed by atoms with Crippen LogP contribution in [0.15, 0.2) is 48.5 Å². The van der Waals surface area contributed by atoms with E-state index < -0.39 is 17.6 Å². The van der Waals surface area contributed by atoms with Gasteiger partial charge < -0.3 is 20.8 Å². The van der Waals surface area contributed by atoms with Crippen LogP contribution in [0.3, 0.4) is 0 Å². The molecule has 2 fully saturated rings. The maximum atomic E-state index is 11.6. The van der Waals surface area contributed by atoms with Crippen LogP contribution in [-0.2, 0) is 5.41 Å². The molecule has 0 saturated carbocycles. The Labute approximate surface area is 282 Å². The van der Waals surface area contributed by atoms with Crippen LogP contribution in [0.5, 0.6) is 0 Å². The van der Waals surface area contributed by atoms with Gasteiger partial charge in [0.2, 0.25) is 0 Å². The van der Waals surface area contributed by atoms with Crippen LogP contribution in [0.4, 0.5) is 21.0 Å². The van der Waals surface area contributed by atoms with Gasteiger partial charge in [0.25, 0.3) is 0 Å². The molecule has 2 aliphatic rings. The fourth-order valence-corrected chi connectivity index (χ4v) is 9.52. The number of carbonyl (C=O) groups is 2. The van der Waals surface area contributed by atoms with Gasteiger partial charge in [-0.1, -0.05) is 65.8 Å². The predicted molar refractivity (Wildman–Crippen MR) is 193 cm³/mol. The number of nitrogens with one attached hydrogen (secondary N) is 4. The van der Waals surface area contributed by atoms with E-state index >= 15 is 0 Å². The lowest BCUT2D eigenvalue weighted by Crippen LogP contribution is -2.71. The van der Waals surface area contributed by atoms with E-state index in [2.05, 4.69) is 115 Å². The van der Waals surface area contributed by atoms with E-state index in [1.54, 1.807) is 0 Å². The van der Waals surface area contributed by atoms with Crippen molar-refractivity contribution in [2.24, 2.45) is 23.7 Å². The third-order valence-corrected chi connectivity index (χ3v) is 13.2. The van der Waals surface area contributed by atoms with Crippen molar-refractivity contribution in [3.8, 4) is 0 Å². The Balaban J connectivity index is 2.15. The molecule has 2 saturated heterocycles. The molecule has 260 valence electrons. The second kappa shape index (κ2) is 13.4. The maximum Gasteiger partial charge on any atom is 0.409 e. The molecule has 2 aromatic carbocycles. The Bertz CT molecular complexity index is 1310. The SMILES string of the molecule is CCC1(C)CC(C(c2ccc(NC(=O)O)cc2)(c2ccc(NC(=O)O)cc2)C2CC(C)(CC)NC(C)(CC)C2C)C(C)C(C)(CC)N1. The number of piperidine rings is 2. The average molecular weight is 649 g/mol. The number of hydrogen-bond donors (Lipinski definition) is 6. The van der Waals surface area contributed by atoms with Crippen LogP contribution in [0.1, 0.15) is 119 Å². The van der Waals surface area contributed by atoms with Crippen molar-refractivity contribution in [2.75, 3.05) is 10.6 Å². The third kappa shape index (κ3) is 6.78. The highest BCUT2D eigenvalue weighted by Gasteiger charge is 2.62. The zero-order valence-corrected chi connectivity index (χ0v) is 30.4. The van der Waals surface area contributed by atoms with Crippen molar-refractivity contribution in [2.45, 2.75) is 135 Å². The smallest absolute Gasteiger partial charge is 0.409 e. The normalized spacial score (nSPS) is 34.4. The maximum absolute atomic E-state index is 11.6. The van der Waals surface area contributed by atoms with E-state index in [9.17, 15) is 19.8 Å². The van der Waals surface area contributed by atoms with Crippen molar-refractivity contribution < 1.29 is 19.8 Å². The van der Waals surface area contributed by atoms with E-state index in [0.29, 0.717) is 11.4 Å². The second-order valence-corrected chi connectivity index (χ2v) is 15.7. The molecule has 4 rings (SSSR count). The number of hydrogen-bond acceptors (Lipinski definition) is 4. The van der Waals surface area contributed by atoms with E-state index in [-0.39, 0.29) is 45.8 Å². The number of benzene rings is 2. The number of anilines is 2. The number of amides is 2. The highest BCUT2D eigenvalue weighted by Crippen LogP contribution is 2.61. The van der Waals surface area contributed by atoms with Crippen LogP contribution >= 0.6 is 0 Å². The molecule has 8 unspecified atom stereocenters. The standard InChI is InChI=1S/C39H60N4O4/c1-11-35(7)23-31(25(5)37(9,13-3)42-35)39(27-15-19-29(20-16-27)40-33(44)45,28-17-21-30(22-18-28)41-34(46)47)32-24-36(8,12-2)43-38(10,14-4)26(32)6/h15-22,25-26,31-32,40-43H,11-14,23-24H2,1-10H3,(H,44,45)(H,46,47). The van der Waals surface area contributed by atoms with Gasteiger partial charge in [0.05, 0.1) is 0 Å². The molecular weight excluding hydrogens is 588 g/mol. The van der Waals surface area contributed by atoms with Crippen LogP contribution in [0.25, 0.3) is 0 Å². The quantitative estimate of drug-likeness (QED) is 0.153. The molecule has 6 N–H and O–H groups in total. The third-order valence-electron chi connectivity index (χ3n) is 13.2. The summed E-state index contributed by atoms with van der Waals surface area (Å²) in [6.07, 6.45) is 3.72. The highest BCUT2D eigenvalue weighted by molar-refractivity contribution is 5.83. The summed E-state index contributed by atoms with van der Waals surface area (Å²) in [6.45, 7) is 23.5. The fourth-order valence-electron chi connectivity index (χ4n) is 9.52. The van der Waals surface area contributed by atoms with Crippen LogP contribution < -0.4 is 21.3 Å². The number of rotatable bonds is 10. The van der Waals surface area contributed by atoms with E-state index in [4.69, 9.17) is 0 Å². The van der Waals surface area contributed by atoms with Crippen LogP contribution in [-0.4, -0.2) is 44.6 Å². The van der Waals surface area contributed by atoms with Gasteiger partial charge in [-0.15, -0.1) is 0 Å². The van der Waals surface area contributed by atoms with Crippen molar-refractivity contribution in [3.05, 3.63) is 59.7 Å². The largest absolute Gasteiger partial charge is 0.465 e. The van der Waals surface area contributed by atoms with Gasteiger partial charge in [-0.05, 0) is 125 Å². The molecule has 2 aliphatic heterocycles. The predicted octanol–water partition coefficient (Wildman–Crippen LogP) is 9.32. The lowest BCUT2D eigenvalue weighted by molar-refractivity contribution is -0.0564. The summed E-state index contributed by atoms with van der Waals surface area (Å²) in [5.41, 5.74) is 2.54. The molecule has 2 aromatic rings. The van der Waals surface area contributed by atoms with E-state index in [0.717, 1.165) is 38.5 Å². The average Bonchev–Trinajstić information content (AvgIpc) is 3.03. The van der Waals surface area contributed by atoms with Gasteiger partial charge in [-0.2, -0.15) is 0 Å². The lowest BCUT2D eigenvalue weighted by Gasteiger charge is -2.65. The number of carboxylic acid groups (broad SMARTS) is 2. The first kappa shape index (κ1) is 36.7. The first-order valence-corrected chi connectivity index (χ1v) is 17.7. The molecule has 2 heterocycles. The van der Waals surface area contributed by atoms with Gasteiger partial charge in [0, 0.05) is 38.9 Å². The monoisotopic (exact) mass is 648 g/mol. The summed E-state index contributed by atoms with van der Waals surface area (Å²) in [7, 11) is 0. The van der Waals surface area contributed by atoms with Crippen molar-refractivity contribution >= 4 is 23.6 Å². The minimum Gasteiger partial charge on any atom is -0.465 e. The topological polar surface area (TPSA) is 123 Å². The second-order valence-electron chi connectivity index (χ2n) is 15.7.